The number of aliphatic hydroxyl groups is 1. The van der Waals surface area contributed by atoms with E-state index in [1.54, 1.807) is 135 Å². The average molecular weight is 1900 g/mol. The summed E-state index contributed by atoms with van der Waals surface area (Å²) in [5.41, 5.74) is 20.7. The Morgan fingerprint density at radius 2 is 1.08 bits per heavy atom. The number of nitrogens with zero attached hydrogens (tertiary/aromatic N) is 6. The molecule has 2 aliphatic heterocycles. The monoisotopic (exact) mass is 1900 g/mol. The van der Waals surface area contributed by atoms with Crippen molar-refractivity contribution in [3.8, 4) is 0 Å². The average Bonchev–Trinajstić information content (AvgIpc) is 1.40. The van der Waals surface area contributed by atoms with Gasteiger partial charge >= 0.3 is 0 Å². The third-order valence-corrected chi connectivity index (χ3v) is 24.9. The van der Waals surface area contributed by atoms with Crippen LogP contribution >= 0.6 is 11.8 Å². The number of carbonyl (C=O) groups excluding carboxylic acids is 17. The first-order valence-corrected chi connectivity index (χ1v) is 46.4. The number of unbranched alkanes of at least 4 members (excludes halogenated alkanes) is 1. The molecule has 0 bridgehead atoms. The highest BCUT2D eigenvalue weighted by molar-refractivity contribution is 8.00. The quantitative estimate of drug-likeness (QED) is 0.0158. The van der Waals surface area contributed by atoms with Gasteiger partial charge in [0.1, 0.15) is 84.3 Å². The number of nitrogens with two attached hydrogens (primary N) is 3. The number of H-pyrrole nitrogens is 3. The van der Waals surface area contributed by atoms with E-state index in [0.29, 0.717) is 62.6 Å². The molecular weight excluding hydrogens is 1770 g/mol. The lowest BCUT2D eigenvalue weighted by Crippen LogP contribution is -2.61. The van der Waals surface area contributed by atoms with Crippen molar-refractivity contribution >= 4 is 140 Å². The Bertz CT molecular complexity index is 5370. The molecule has 13 atom stereocenters. The van der Waals surface area contributed by atoms with E-state index in [0.717, 1.165) is 36.3 Å². The topological polar surface area (TPSA) is 621 Å². The second kappa shape index (κ2) is 51.4. The Morgan fingerprint density at radius 1 is 0.544 bits per heavy atom. The molecule has 42 nitrogen and oxygen atoms in total. The Kier molecular flexibility index (Phi) is 39.9. The fraction of sp³-hybridized carbons (Fsp3) is 0.473. The second-order valence-electron chi connectivity index (χ2n) is 34.5. The maximum Gasteiger partial charge on any atom is 0.246 e. The number of nitrogens with one attached hydrogen (secondary N) is 15. The van der Waals surface area contributed by atoms with Gasteiger partial charge in [-0.3, -0.25) is 86.9 Å². The van der Waals surface area contributed by atoms with E-state index in [4.69, 9.17) is 22.6 Å². The predicted molar refractivity (Wildman–Crippen MR) is 505 cm³/mol. The van der Waals surface area contributed by atoms with Crippen LogP contribution in [0.1, 0.15) is 113 Å². The van der Waals surface area contributed by atoms with Crippen LogP contribution in [0.25, 0.3) is 21.8 Å². The number of likely N-dealkylation sites (N-methyl/N-ethyl adjacent to an activating group) is 4. The van der Waals surface area contributed by atoms with E-state index in [9.17, 15) is 53.1 Å². The smallest absolute Gasteiger partial charge is 0.246 e. The van der Waals surface area contributed by atoms with Crippen molar-refractivity contribution < 1.29 is 86.6 Å². The van der Waals surface area contributed by atoms with Crippen LogP contribution < -0.4 is 75.7 Å². The summed E-state index contributed by atoms with van der Waals surface area (Å²) in [6, 6.07) is 11.2. The minimum absolute atomic E-state index is 0.00996. The van der Waals surface area contributed by atoms with Crippen molar-refractivity contribution in [1.82, 2.24) is 103 Å². The van der Waals surface area contributed by atoms with E-state index >= 15 is 33.6 Å². The van der Waals surface area contributed by atoms with Crippen LogP contribution in [0.3, 0.4) is 0 Å². The Balaban J connectivity index is 1.10. The summed E-state index contributed by atoms with van der Waals surface area (Å²) >= 11 is 0.793. The second-order valence-corrected chi connectivity index (χ2v) is 35.5. The van der Waals surface area contributed by atoms with Crippen LogP contribution in [-0.4, -0.2) is 313 Å². The SMILES string of the molecule is CCCC[C@H]1C(=O)N[C@@H](CCCNC(=N)N)C(=O)N[C@H](C(=O)NCC(N)=O)CSCC(=O)N[C@@H](Cc2ccccc2)C(=O)N(C)[C@@H](C)C(=O)N[C@@H](CC(=O)CN)C(=O)N2CCC[C@H]2C(=O)N[C@@H](Cc2cnc[nH]2)C(=O)N[C@@H](CC(C)C)C(=O)N(C)CC(=O)N[C@@H](Cc2c[nH]c3ccccc23)C(=O)N[C@@H](CO)C(=O)N[C@@H](Cc2c[nH]c3ccccc23)C(=O)N(C)[C@@H](Cc2ccccc2)C(=O)N1C. The molecule has 43 heteroatoms. The zero-order valence-electron chi connectivity index (χ0n) is 77.6. The predicted octanol–water partition coefficient (Wildman–Crippen LogP) is -2.04. The van der Waals surface area contributed by atoms with Gasteiger partial charge in [0.15, 0.2) is 5.96 Å². The van der Waals surface area contributed by atoms with Crippen molar-refractivity contribution in [2.75, 3.05) is 79.0 Å². The Hall–Kier alpha value is -14.1. The number of hydrogen-bond donors (Lipinski definition) is 19. The molecule has 732 valence electrons. The van der Waals surface area contributed by atoms with Gasteiger partial charge in [0.2, 0.25) is 94.5 Å². The molecule has 9 rings (SSSR count). The summed E-state index contributed by atoms with van der Waals surface area (Å²) in [5, 5.41) is 49.7. The number of ketones is 1. The highest BCUT2D eigenvalue weighted by Crippen LogP contribution is 2.26. The van der Waals surface area contributed by atoms with Crippen molar-refractivity contribution in [1.29, 1.82) is 5.41 Å². The molecule has 136 heavy (non-hydrogen) atoms. The molecular formula is C93H126N24O18S. The summed E-state index contributed by atoms with van der Waals surface area (Å²) in [5.74, 6) is -16.9. The van der Waals surface area contributed by atoms with Crippen LogP contribution in [0.2, 0.25) is 0 Å². The van der Waals surface area contributed by atoms with E-state index < -0.39 is 229 Å². The first kappa shape index (κ1) is 106. The van der Waals surface area contributed by atoms with Gasteiger partial charge in [0.25, 0.3) is 0 Å². The molecule has 0 saturated carbocycles. The van der Waals surface area contributed by atoms with Gasteiger partial charge < -0.3 is 120 Å². The number of Topliss-reactive ketones (excluding diaryl/α,β-unsaturated/α-hetero) is 1. The molecule has 0 unspecified atom stereocenters. The zero-order valence-corrected chi connectivity index (χ0v) is 78.4. The van der Waals surface area contributed by atoms with Gasteiger partial charge in [-0.1, -0.05) is 131 Å². The van der Waals surface area contributed by atoms with Crippen LogP contribution in [-0.2, 0) is 114 Å². The number of imidazole rings is 1. The number of benzene rings is 4. The molecule has 3 aromatic heterocycles. The van der Waals surface area contributed by atoms with Gasteiger partial charge in [-0.2, -0.15) is 0 Å². The van der Waals surface area contributed by atoms with Crippen molar-refractivity contribution in [2.24, 2.45) is 23.1 Å². The first-order valence-electron chi connectivity index (χ1n) is 45.2. The van der Waals surface area contributed by atoms with Gasteiger partial charge in [0.05, 0.1) is 38.3 Å². The number of carbonyl (C=O) groups is 17. The van der Waals surface area contributed by atoms with Gasteiger partial charge in [0, 0.05) is 132 Å². The minimum atomic E-state index is -1.87. The number of fused-ring (bicyclic) bond motifs is 3. The number of thioether (sulfide) groups is 1. The maximum absolute atomic E-state index is 15.9. The number of hydrogen-bond acceptors (Lipinski definition) is 22. The number of aliphatic hydroxyl groups excluding tert-OH is 1. The summed E-state index contributed by atoms with van der Waals surface area (Å²) in [7, 11) is 5.23. The zero-order chi connectivity index (χ0) is 99.0. The summed E-state index contributed by atoms with van der Waals surface area (Å²) in [4.78, 5) is 269. The van der Waals surface area contributed by atoms with E-state index in [1.165, 1.54) is 47.6 Å². The molecule has 2 fully saturated rings. The maximum atomic E-state index is 15.9. The molecule has 7 aromatic rings. The molecule has 2 saturated heterocycles. The molecule has 0 radical (unpaired) electrons. The number of amides is 16. The number of primary amides is 1. The van der Waals surface area contributed by atoms with E-state index in [1.807, 2.05) is 6.92 Å². The van der Waals surface area contributed by atoms with Gasteiger partial charge in [-0.05, 0) is 85.8 Å². The molecule has 0 spiro atoms. The Labute approximate surface area is 791 Å². The fourth-order valence-electron chi connectivity index (χ4n) is 16.3. The van der Waals surface area contributed by atoms with Crippen LogP contribution in [0, 0.1) is 11.3 Å². The molecule has 16 amide bonds. The summed E-state index contributed by atoms with van der Waals surface area (Å²) in [6.45, 7) is 3.47. The fourth-order valence-corrected chi connectivity index (χ4v) is 17.1. The third-order valence-electron chi connectivity index (χ3n) is 23.8. The van der Waals surface area contributed by atoms with Crippen LogP contribution in [0.4, 0.5) is 0 Å². The van der Waals surface area contributed by atoms with Gasteiger partial charge in [-0.25, -0.2) is 4.98 Å². The molecule has 0 aliphatic carbocycles. The third kappa shape index (κ3) is 30.2. The van der Waals surface area contributed by atoms with E-state index in [2.05, 4.69) is 78.4 Å². The van der Waals surface area contributed by atoms with Crippen molar-refractivity contribution in [3.05, 3.63) is 162 Å². The lowest BCUT2D eigenvalue weighted by atomic mass is 9.99. The molecule has 22 N–H and O–H groups in total. The summed E-state index contributed by atoms with van der Waals surface area (Å²) in [6.07, 6.45) is 4.94. The number of rotatable bonds is 26. The number of para-hydroxylation sites is 2. The number of aromatic amines is 3. The molecule has 2 aliphatic rings. The largest absolute Gasteiger partial charge is 0.394 e. The standard InChI is InChI=1S/C93H126N24O18S/c1-9-10-32-74-86(129)106-65(31-21-34-99-93(96)97)82(125)112-73(81(124)102-47-77(95)120)50-136-51-79(122)105-69(37-55-23-13-11-14-24-55)89(132)114(6)54(4)80(123)108-71(42-60(119)43-94)91(134)117-35-22-33-75(117)87(130)107-67(41-59-46-98-52-103-59)84(127)109-68(36-53(2)3)88(131)113(5)48-78(121)104-66(39-57-44-100-63-29-19-17-27-61(57)63)83(126)111-72(49-118)85(128)110-70(40-58-45-101-64-30-20-18-28-62(58)64)90(133)116(8)76(92(135)115(74)7)38-56-25-15-12-16-26-56/h11-20,23-30,44-46,52-54,65-76,100-101,118H,9-10,21-22,31-43,47-51,94H2,1-8H3,(H2,95,120)(H,98,103)(H,102,124)(H,104,121)(H,105,122)(H,106,129)(H,107,130)(H,108,123)(H,109,127)(H,110,128)(H,111,126)(H,112,125)(H4,96,97,99)/t54-,65-,66-,67-,68-,69-,70-,71-,72-,73-,74-,75-,76-/m0/s1. The minimum Gasteiger partial charge on any atom is -0.394 e. The van der Waals surface area contributed by atoms with Gasteiger partial charge in [-0.15, -0.1) is 11.8 Å². The number of aromatic nitrogens is 4. The molecule has 5 heterocycles. The van der Waals surface area contributed by atoms with E-state index in [-0.39, 0.29) is 89.6 Å². The highest BCUT2D eigenvalue weighted by Gasteiger charge is 2.44. The van der Waals surface area contributed by atoms with Crippen molar-refractivity contribution in [2.45, 2.75) is 196 Å². The lowest BCUT2D eigenvalue weighted by Gasteiger charge is -2.36. The number of guanidine groups is 1. The lowest BCUT2D eigenvalue weighted by molar-refractivity contribution is -0.149. The van der Waals surface area contributed by atoms with Crippen LogP contribution in [0.5, 0.6) is 0 Å². The first-order chi connectivity index (χ1) is 65.0. The van der Waals surface area contributed by atoms with Crippen molar-refractivity contribution in [3.63, 3.8) is 0 Å². The molecule has 4 aromatic carbocycles. The highest BCUT2D eigenvalue weighted by atomic mass is 32.2. The Morgan fingerprint density at radius 3 is 1.68 bits per heavy atom. The normalized spacial score (nSPS) is 23.1. The summed E-state index contributed by atoms with van der Waals surface area (Å²) < 4.78 is 0. The van der Waals surface area contributed by atoms with Crippen LogP contribution in [0.15, 0.2) is 134 Å².